The minimum atomic E-state index is -0.993. The van der Waals surface area contributed by atoms with Crippen molar-refractivity contribution in [3.8, 4) is 11.3 Å². The monoisotopic (exact) mass is 243 g/mol. The number of nitrogens with zero attached hydrogens (tertiary/aromatic N) is 2. The number of aromatic nitrogens is 2. The lowest BCUT2D eigenvalue weighted by Crippen LogP contribution is -2.12. The first-order valence-corrected chi connectivity index (χ1v) is 5.78. The lowest BCUT2D eigenvalue weighted by molar-refractivity contribution is 0.0690. The molecule has 1 aromatic carbocycles. The Morgan fingerprint density at radius 3 is 3.00 bits per heavy atom. The first-order valence-electron chi connectivity index (χ1n) is 5.78. The number of carboxylic acid groups (broad SMARTS) is 1. The number of hydrogen-bond acceptors (Lipinski definition) is 3. The van der Waals surface area contributed by atoms with E-state index in [0.717, 1.165) is 18.5 Å². The van der Waals surface area contributed by atoms with Crippen LogP contribution < -0.4 is 4.90 Å². The van der Waals surface area contributed by atoms with E-state index in [1.165, 1.54) is 11.3 Å². The summed E-state index contributed by atoms with van der Waals surface area (Å²) in [5.41, 5.74) is 4.24. The smallest absolute Gasteiger partial charge is 0.353 e. The number of aromatic carboxylic acids is 1. The lowest BCUT2D eigenvalue weighted by Gasteiger charge is -2.12. The molecule has 2 N–H and O–H groups in total. The number of rotatable bonds is 2. The molecule has 1 aliphatic heterocycles. The standard InChI is InChI=1S/C13H13N3O2/c1-16-5-4-8-2-3-9(6-12(8)16)10-7-11(13(17)18)15-14-10/h2-3,6-7H,4-5H2,1H3,(H,14,15)(H,17,18). The van der Waals surface area contributed by atoms with Crippen molar-refractivity contribution in [3.05, 3.63) is 35.5 Å². The van der Waals surface area contributed by atoms with Gasteiger partial charge in [0.05, 0.1) is 5.69 Å². The van der Waals surface area contributed by atoms with E-state index in [1.807, 2.05) is 6.07 Å². The van der Waals surface area contributed by atoms with Crippen LogP contribution in [-0.4, -0.2) is 34.9 Å². The minimum absolute atomic E-state index is 0.110. The second-order valence-electron chi connectivity index (χ2n) is 4.49. The molecule has 5 nitrogen and oxygen atoms in total. The highest BCUT2D eigenvalue weighted by molar-refractivity contribution is 5.87. The van der Waals surface area contributed by atoms with Crippen molar-refractivity contribution in [2.45, 2.75) is 6.42 Å². The van der Waals surface area contributed by atoms with Crippen molar-refractivity contribution in [2.75, 3.05) is 18.5 Å². The summed E-state index contributed by atoms with van der Waals surface area (Å²) >= 11 is 0. The zero-order valence-corrected chi connectivity index (χ0v) is 9.97. The second-order valence-corrected chi connectivity index (χ2v) is 4.49. The summed E-state index contributed by atoms with van der Waals surface area (Å²) in [6.07, 6.45) is 1.06. The Kier molecular flexibility index (Phi) is 2.33. The fourth-order valence-corrected chi connectivity index (χ4v) is 2.28. The number of carboxylic acids is 1. The summed E-state index contributed by atoms with van der Waals surface area (Å²) in [5.74, 6) is -0.993. The second kappa shape index (κ2) is 3.87. The Labute approximate surface area is 104 Å². The molecule has 0 radical (unpaired) electrons. The molecule has 2 aromatic rings. The van der Waals surface area contributed by atoms with Crippen LogP contribution in [0.4, 0.5) is 5.69 Å². The van der Waals surface area contributed by atoms with Crippen molar-refractivity contribution >= 4 is 11.7 Å². The first kappa shape index (κ1) is 10.8. The molecule has 0 amide bonds. The number of nitrogens with one attached hydrogen (secondary N) is 1. The van der Waals surface area contributed by atoms with E-state index in [1.54, 1.807) is 6.07 Å². The summed E-state index contributed by atoms with van der Waals surface area (Å²) in [6.45, 7) is 1.03. The van der Waals surface area contributed by atoms with Gasteiger partial charge in [0.2, 0.25) is 0 Å². The van der Waals surface area contributed by atoms with Gasteiger partial charge >= 0.3 is 5.97 Å². The Morgan fingerprint density at radius 1 is 1.44 bits per heavy atom. The number of carbonyl (C=O) groups is 1. The molecule has 1 aromatic heterocycles. The Morgan fingerprint density at radius 2 is 2.28 bits per heavy atom. The molecule has 0 aliphatic carbocycles. The highest BCUT2D eigenvalue weighted by atomic mass is 16.4. The molecule has 1 aliphatic rings. The molecule has 3 rings (SSSR count). The molecular formula is C13H13N3O2. The molecular weight excluding hydrogens is 230 g/mol. The Bertz CT molecular complexity index is 618. The van der Waals surface area contributed by atoms with Crippen LogP contribution >= 0.6 is 0 Å². The maximum absolute atomic E-state index is 10.8. The summed E-state index contributed by atoms with van der Waals surface area (Å²) in [6, 6.07) is 7.69. The number of aromatic amines is 1. The van der Waals surface area contributed by atoms with Crippen molar-refractivity contribution in [1.82, 2.24) is 10.2 Å². The van der Waals surface area contributed by atoms with Crippen LogP contribution in [0.15, 0.2) is 24.3 Å². The third-order valence-corrected chi connectivity index (χ3v) is 3.32. The molecule has 92 valence electrons. The van der Waals surface area contributed by atoms with Gasteiger partial charge in [-0.05, 0) is 24.1 Å². The van der Waals surface area contributed by atoms with Gasteiger partial charge in [0.1, 0.15) is 5.69 Å². The van der Waals surface area contributed by atoms with Crippen molar-refractivity contribution in [2.24, 2.45) is 0 Å². The van der Waals surface area contributed by atoms with E-state index < -0.39 is 5.97 Å². The van der Waals surface area contributed by atoms with Crippen molar-refractivity contribution in [1.29, 1.82) is 0 Å². The van der Waals surface area contributed by atoms with Crippen LogP contribution in [0.1, 0.15) is 16.1 Å². The molecule has 0 saturated carbocycles. The molecule has 2 heterocycles. The van der Waals surface area contributed by atoms with Crippen LogP contribution in [0.3, 0.4) is 0 Å². The zero-order chi connectivity index (χ0) is 12.7. The number of anilines is 1. The summed E-state index contributed by atoms with van der Waals surface area (Å²) in [4.78, 5) is 13.0. The summed E-state index contributed by atoms with van der Waals surface area (Å²) in [5, 5.41) is 15.4. The SMILES string of the molecule is CN1CCc2ccc(-c3cc(C(=O)O)[nH]n3)cc21. The molecule has 0 fully saturated rings. The van der Waals surface area contributed by atoms with E-state index in [4.69, 9.17) is 5.11 Å². The minimum Gasteiger partial charge on any atom is -0.477 e. The zero-order valence-electron chi connectivity index (χ0n) is 9.97. The van der Waals surface area contributed by atoms with Crippen LogP contribution in [0, 0.1) is 0 Å². The largest absolute Gasteiger partial charge is 0.477 e. The molecule has 0 bridgehead atoms. The Balaban J connectivity index is 2.01. The average molecular weight is 243 g/mol. The van der Waals surface area contributed by atoms with E-state index in [9.17, 15) is 4.79 Å². The lowest BCUT2D eigenvalue weighted by atomic mass is 10.1. The van der Waals surface area contributed by atoms with Gasteiger partial charge in [-0.1, -0.05) is 12.1 Å². The summed E-state index contributed by atoms with van der Waals surface area (Å²) in [7, 11) is 2.06. The number of likely N-dealkylation sites (N-methyl/N-ethyl adjacent to an activating group) is 1. The van der Waals surface area contributed by atoms with Crippen LogP contribution in [0.25, 0.3) is 11.3 Å². The highest BCUT2D eigenvalue weighted by Crippen LogP contribution is 2.31. The maximum atomic E-state index is 10.8. The number of hydrogen-bond donors (Lipinski definition) is 2. The first-order chi connectivity index (χ1) is 8.65. The third kappa shape index (κ3) is 1.64. The fourth-order valence-electron chi connectivity index (χ4n) is 2.28. The predicted octanol–water partition coefficient (Wildman–Crippen LogP) is 1.77. The van der Waals surface area contributed by atoms with Gasteiger partial charge in [-0.3, -0.25) is 5.10 Å². The third-order valence-electron chi connectivity index (χ3n) is 3.32. The van der Waals surface area contributed by atoms with E-state index in [-0.39, 0.29) is 5.69 Å². The van der Waals surface area contributed by atoms with Gasteiger partial charge in [0, 0.05) is 24.8 Å². The van der Waals surface area contributed by atoms with E-state index in [2.05, 4.69) is 34.3 Å². The quantitative estimate of drug-likeness (QED) is 0.843. The van der Waals surface area contributed by atoms with Crippen LogP contribution in [-0.2, 0) is 6.42 Å². The Hall–Kier alpha value is -2.30. The van der Waals surface area contributed by atoms with Crippen LogP contribution in [0.2, 0.25) is 0 Å². The van der Waals surface area contributed by atoms with Gasteiger partial charge in [-0.25, -0.2) is 4.79 Å². The van der Waals surface area contributed by atoms with E-state index >= 15 is 0 Å². The normalized spacial score (nSPS) is 13.7. The average Bonchev–Trinajstić information content (AvgIpc) is 2.96. The van der Waals surface area contributed by atoms with Gasteiger partial charge in [-0.15, -0.1) is 0 Å². The summed E-state index contributed by atoms with van der Waals surface area (Å²) < 4.78 is 0. The number of fused-ring (bicyclic) bond motifs is 1. The topological polar surface area (TPSA) is 69.2 Å². The molecule has 0 spiro atoms. The maximum Gasteiger partial charge on any atom is 0.353 e. The van der Waals surface area contributed by atoms with Gasteiger partial charge < -0.3 is 10.0 Å². The fraction of sp³-hybridized carbons (Fsp3) is 0.231. The highest BCUT2D eigenvalue weighted by Gasteiger charge is 2.17. The number of H-pyrrole nitrogens is 1. The molecule has 0 unspecified atom stereocenters. The molecule has 5 heteroatoms. The van der Waals surface area contributed by atoms with Gasteiger partial charge in [-0.2, -0.15) is 5.10 Å². The van der Waals surface area contributed by atoms with Crippen molar-refractivity contribution < 1.29 is 9.90 Å². The molecule has 0 saturated heterocycles. The van der Waals surface area contributed by atoms with Crippen LogP contribution in [0.5, 0.6) is 0 Å². The molecule has 18 heavy (non-hydrogen) atoms. The van der Waals surface area contributed by atoms with Gasteiger partial charge in [0.15, 0.2) is 0 Å². The number of benzene rings is 1. The van der Waals surface area contributed by atoms with Gasteiger partial charge in [0.25, 0.3) is 0 Å². The van der Waals surface area contributed by atoms with Crippen molar-refractivity contribution in [3.63, 3.8) is 0 Å². The van der Waals surface area contributed by atoms with E-state index in [0.29, 0.717) is 5.69 Å². The predicted molar refractivity (Wildman–Crippen MR) is 68.0 cm³/mol. The molecule has 0 atom stereocenters.